The van der Waals surface area contributed by atoms with Crippen LogP contribution in [-0.2, 0) is 16.7 Å². The van der Waals surface area contributed by atoms with Gasteiger partial charge >= 0.3 is 6.03 Å². The van der Waals surface area contributed by atoms with Crippen LogP contribution in [-0.4, -0.2) is 56.8 Å². The number of amides is 2. The van der Waals surface area contributed by atoms with Crippen LogP contribution in [0.5, 0.6) is 0 Å². The van der Waals surface area contributed by atoms with Gasteiger partial charge < -0.3 is 15.8 Å². The van der Waals surface area contributed by atoms with Crippen molar-refractivity contribution in [3.8, 4) is 11.1 Å². The Bertz CT molecular complexity index is 1400. The first kappa shape index (κ1) is 24.7. The van der Waals surface area contributed by atoms with Gasteiger partial charge in [-0.1, -0.05) is 32.9 Å². The van der Waals surface area contributed by atoms with Crippen LogP contribution in [0.2, 0.25) is 0 Å². The lowest BCUT2D eigenvalue weighted by Crippen LogP contribution is -2.36. The number of ether oxygens (including phenoxy) is 1. The minimum atomic E-state index is -0.355. The van der Waals surface area contributed by atoms with Gasteiger partial charge in [-0.25, -0.2) is 19.3 Å². The highest BCUT2D eigenvalue weighted by Crippen LogP contribution is 2.32. The molecule has 0 aliphatic carbocycles. The summed E-state index contributed by atoms with van der Waals surface area (Å²) in [6.07, 6.45) is 3.18. The van der Waals surface area contributed by atoms with Gasteiger partial charge in [0.2, 0.25) is 0 Å². The molecular formula is C27H32N8O2. The van der Waals surface area contributed by atoms with Crippen molar-refractivity contribution >= 4 is 28.9 Å². The van der Waals surface area contributed by atoms with Gasteiger partial charge in [0.25, 0.3) is 0 Å². The Labute approximate surface area is 215 Å². The second-order valence-corrected chi connectivity index (χ2v) is 10.2. The minimum Gasteiger partial charge on any atom is -0.382 e. The molecule has 4 heterocycles. The average molecular weight is 501 g/mol. The number of hydrogen-bond donors (Lipinski definition) is 3. The number of nitrogen functional groups attached to an aromatic ring is 1. The topological polar surface area (TPSA) is 123 Å². The van der Waals surface area contributed by atoms with Crippen molar-refractivity contribution in [2.24, 2.45) is 0 Å². The highest BCUT2D eigenvalue weighted by Gasteiger charge is 2.19. The number of nitrogens with one attached hydrogen (secondary N) is 2. The fourth-order valence-electron chi connectivity index (χ4n) is 4.43. The fourth-order valence-corrected chi connectivity index (χ4v) is 4.43. The number of fused-ring (bicyclic) bond motifs is 1. The van der Waals surface area contributed by atoms with Crippen molar-refractivity contribution in [1.82, 2.24) is 24.5 Å². The summed E-state index contributed by atoms with van der Waals surface area (Å²) in [6, 6.07) is 13.2. The highest BCUT2D eigenvalue weighted by atomic mass is 16.5. The van der Waals surface area contributed by atoms with Crippen LogP contribution >= 0.6 is 0 Å². The largest absolute Gasteiger partial charge is 0.382 e. The number of pyridine rings is 1. The maximum atomic E-state index is 12.6. The molecule has 5 rings (SSSR count). The van der Waals surface area contributed by atoms with Crippen molar-refractivity contribution in [2.75, 3.05) is 42.7 Å². The molecule has 37 heavy (non-hydrogen) atoms. The second kappa shape index (κ2) is 10.2. The summed E-state index contributed by atoms with van der Waals surface area (Å²) >= 11 is 0. The third-order valence-electron chi connectivity index (χ3n) is 6.47. The maximum Gasteiger partial charge on any atom is 0.324 e. The highest BCUT2D eigenvalue weighted by molar-refractivity contribution is 5.99. The van der Waals surface area contributed by atoms with E-state index in [1.807, 2.05) is 40.9 Å². The number of aromatic nitrogens is 4. The lowest BCUT2D eigenvalue weighted by molar-refractivity contribution is 0.0334. The van der Waals surface area contributed by atoms with E-state index in [0.29, 0.717) is 17.3 Å². The number of nitrogens with zero attached hydrogens (tertiary/aromatic N) is 5. The van der Waals surface area contributed by atoms with E-state index in [1.165, 1.54) is 6.33 Å². The number of morpholine rings is 1. The summed E-state index contributed by atoms with van der Waals surface area (Å²) in [5.74, 6) is 0.926. The zero-order valence-corrected chi connectivity index (χ0v) is 21.4. The van der Waals surface area contributed by atoms with Gasteiger partial charge in [0.1, 0.15) is 17.7 Å². The number of nitrogens with two attached hydrogens (primary N) is 1. The smallest absolute Gasteiger partial charge is 0.324 e. The van der Waals surface area contributed by atoms with Crippen LogP contribution in [0.25, 0.3) is 16.6 Å². The molecule has 1 fully saturated rings. The number of anilines is 3. The first-order chi connectivity index (χ1) is 17.8. The van der Waals surface area contributed by atoms with Crippen LogP contribution in [0.15, 0.2) is 55.0 Å². The summed E-state index contributed by atoms with van der Waals surface area (Å²) < 4.78 is 7.34. The molecule has 0 unspecified atom stereocenters. The Morgan fingerprint density at radius 2 is 1.81 bits per heavy atom. The molecular weight excluding hydrogens is 468 g/mol. The second-order valence-electron chi connectivity index (χ2n) is 10.2. The van der Waals surface area contributed by atoms with Crippen LogP contribution < -0.4 is 16.4 Å². The molecule has 1 aliphatic heterocycles. The molecule has 192 valence electrons. The Kier molecular flexibility index (Phi) is 6.77. The molecule has 0 spiro atoms. The predicted molar refractivity (Wildman–Crippen MR) is 145 cm³/mol. The average Bonchev–Trinajstić information content (AvgIpc) is 3.24. The molecule has 4 N–H and O–H groups in total. The van der Waals surface area contributed by atoms with E-state index in [1.54, 1.807) is 6.20 Å². The fraction of sp³-hybridized carbons (Fsp3) is 0.333. The SMILES string of the molecule is CC(C)(C)c1ccnc(NC(=O)Nc2ccc(-c3cc(CN4CCOCC4)n4ncnc(N)c34)cc2)c1. The Morgan fingerprint density at radius 3 is 2.54 bits per heavy atom. The summed E-state index contributed by atoms with van der Waals surface area (Å²) in [5.41, 5.74) is 11.7. The van der Waals surface area contributed by atoms with Gasteiger partial charge in [0.15, 0.2) is 5.82 Å². The quantitative estimate of drug-likeness (QED) is 0.376. The molecule has 0 radical (unpaired) electrons. The van der Waals surface area contributed by atoms with Gasteiger partial charge in [0, 0.05) is 37.1 Å². The number of benzene rings is 1. The number of rotatable bonds is 5. The first-order valence-corrected chi connectivity index (χ1v) is 12.3. The zero-order chi connectivity index (χ0) is 26.0. The van der Waals surface area contributed by atoms with Crippen LogP contribution in [0.3, 0.4) is 0 Å². The minimum absolute atomic E-state index is 0.0363. The number of hydrogen-bond acceptors (Lipinski definition) is 7. The molecule has 1 saturated heterocycles. The molecule has 0 atom stereocenters. The predicted octanol–water partition coefficient (Wildman–Crippen LogP) is 4.15. The third-order valence-corrected chi connectivity index (χ3v) is 6.47. The molecule has 1 aliphatic rings. The zero-order valence-electron chi connectivity index (χ0n) is 21.4. The Hall–Kier alpha value is -4.02. The van der Waals surface area contributed by atoms with E-state index < -0.39 is 0 Å². The van der Waals surface area contributed by atoms with E-state index in [4.69, 9.17) is 10.5 Å². The molecule has 0 bridgehead atoms. The first-order valence-electron chi connectivity index (χ1n) is 12.3. The lowest BCUT2D eigenvalue weighted by Gasteiger charge is -2.26. The molecule has 1 aromatic carbocycles. The molecule has 3 aromatic heterocycles. The van der Waals surface area contributed by atoms with Crippen LogP contribution in [0.4, 0.5) is 22.1 Å². The standard InChI is InChI=1S/C27H32N8O2/c1-27(2,3)19-8-9-29-23(14-19)33-26(36)32-20-6-4-18(5-7-20)22-15-21(16-34-10-12-37-13-11-34)35-24(22)25(28)30-17-31-35/h4-9,14-15,17H,10-13,16H2,1-3H3,(H2,28,30,31)(H2,29,32,33,36). The van der Waals surface area contributed by atoms with Crippen molar-refractivity contribution in [2.45, 2.75) is 32.7 Å². The van der Waals surface area contributed by atoms with Crippen molar-refractivity contribution in [3.05, 3.63) is 66.2 Å². The van der Waals surface area contributed by atoms with E-state index in [0.717, 1.165) is 60.7 Å². The van der Waals surface area contributed by atoms with Crippen LogP contribution in [0, 0.1) is 0 Å². The number of urea groups is 1. The van der Waals surface area contributed by atoms with Gasteiger partial charge in [-0.15, -0.1) is 0 Å². The third kappa shape index (κ3) is 5.55. The Balaban J connectivity index is 1.33. The van der Waals surface area contributed by atoms with Crippen molar-refractivity contribution in [1.29, 1.82) is 0 Å². The van der Waals surface area contributed by atoms with E-state index >= 15 is 0 Å². The van der Waals surface area contributed by atoms with Gasteiger partial charge in [-0.2, -0.15) is 5.10 Å². The van der Waals surface area contributed by atoms with Gasteiger partial charge in [-0.05, 0) is 46.9 Å². The number of carbonyl (C=O) groups is 1. The molecule has 10 heteroatoms. The van der Waals surface area contributed by atoms with E-state index in [-0.39, 0.29) is 11.4 Å². The van der Waals surface area contributed by atoms with E-state index in [2.05, 4.69) is 57.4 Å². The van der Waals surface area contributed by atoms with Crippen LogP contribution in [0.1, 0.15) is 32.0 Å². The summed E-state index contributed by atoms with van der Waals surface area (Å²) in [5, 5.41) is 10.2. The molecule has 4 aromatic rings. The monoisotopic (exact) mass is 500 g/mol. The summed E-state index contributed by atoms with van der Waals surface area (Å²) in [4.78, 5) is 23.4. The van der Waals surface area contributed by atoms with Crippen molar-refractivity contribution < 1.29 is 9.53 Å². The van der Waals surface area contributed by atoms with Gasteiger partial charge in [0.05, 0.1) is 18.9 Å². The molecule has 10 nitrogen and oxygen atoms in total. The van der Waals surface area contributed by atoms with Gasteiger partial charge in [-0.3, -0.25) is 10.2 Å². The normalized spacial score (nSPS) is 14.6. The maximum absolute atomic E-state index is 12.6. The summed E-state index contributed by atoms with van der Waals surface area (Å²) in [7, 11) is 0. The molecule has 2 amide bonds. The lowest BCUT2D eigenvalue weighted by atomic mass is 9.88. The van der Waals surface area contributed by atoms with Crippen molar-refractivity contribution in [3.63, 3.8) is 0 Å². The summed E-state index contributed by atoms with van der Waals surface area (Å²) in [6.45, 7) is 10.3. The Morgan fingerprint density at radius 1 is 1.05 bits per heavy atom. The van der Waals surface area contributed by atoms with E-state index in [9.17, 15) is 4.79 Å². The number of carbonyl (C=O) groups excluding carboxylic acids is 1. The molecule has 0 saturated carbocycles.